The molecule has 0 bridgehead atoms. The first-order valence-electron chi connectivity index (χ1n) is 7.58. The van der Waals surface area contributed by atoms with E-state index in [-0.39, 0.29) is 11.6 Å². The third kappa shape index (κ3) is 3.40. The molecular weight excluding hydrogens is 300 g/mol. The topological polar surface area (TPSA) is 49.3 Å². The number of carboxylic acid groups (broad SMARTS) is 1. The van der Waals surface area contributed by atoms with Crippen LogP contribution in [-0.2, 0) is 13.0 Å². The number of rotatable bonds is 4. The highest BCUT2D eigenvalue weighted by Crippen LogP contribution is 2.32. The van der Waals surface area contributed by atoms with E-state index >= 15 is 0 Å². The predicted molar refractivity (Wildman–Crippen MR) is 82.3 cm³/mol. The van der Waals surface area contributed by atoms with Crippen LogP contribution in [0.2, 0.25) is 0 Å². The third-order valence-corrected chi connectivity index (χ3v) is 4.22. The van der Waals surface area contributed by atoms with Crippen molar-refractivity contribution in [2.24, 2.45) is 0 Å². The number of carbonyl (C=O) groups is 1. The Balaban J connectivity index is 1.78. The van der Waals surface area contributed by atoms with Gasteiger partial charge in [0.15, 0.2) is 0 Å². The van der Waals surface area contributed by atoms with Gasteiger partial charge < -0.3 is 10.4 Å². The van der Waals surface area contributed by atoms with E-state index in [2.05, 4.69) is 5.32 Å². The van der Waals surface area contributed by atoms with Crippen LogP contribution in [0.3, 0.4) is 0 Å². The fourth-order valence-electron chi connectivity index (χ4n) is 3.10. The molecule has 23 heavy (non-hydrogen) atoms. The molecule has 1 aliphatic carbocycles. The molecule has 3 nitrogen and oxygen atoms in total. The second-order valence-electron chi connectivity index (χ2n) is 5.79. The van der Waals surface area contributed by atoms with Gasteiger partial charge in [-0.15, -0.1) is 0 Å². The first-order valence-corrected chi connectivity index (χ1v) is 7.58. The average Bonchev–Trinajstić information content (AvgIpc) is 2.53. The van der Waals surface area contributed by atoms with Crippen molar-refractivity contribution in [2.75, 3.05) is 0 Å². The van der Waals surface area contributed by atoms with Crippen LogP contribution in [0.4, 0.5) is 8.78 Å². The van der Waals surface area contributed by atoms with Gasteiger partial charge in [-0.2, -0.15) is 0 Å². The molecule has 2 aromatic rings. The third-order valence-electron chi connectivity index (χ3n) is 4.22. The molecule has 0 aromatic heterocycles. The van der Waals surface area contributed by atoms with Gasteiger partial charge in [0.25, 0.3) is 0 Å². The highest BCUT2D eigenvalue weighted by molar-refractivity contribution is 5.87. The lowest BCUT2D eigenvalue weighted by Crippen LogP contribution is -2.25. The van der Waals surface area contributed by atoms with Gasteiger partial charge in [-0.25, -0.2) is 13.6 Å². The van der Waals surface area contributed by atoms with Gasteiger partial charge in [0.05, 0.1) is 5.56 Å². The van der Waals surface area contributed by atoms with Crippen LogP contribution in [0.1, 0.15) is 45.9 Å². The number of benzene rings is 2. The minimum atomic E-state index is -0.973. The van der Waals surface area contributed by atoms with Crippen molar-refractivity contribution in [1.29, 1.82) is 0 Å². The fourth-order valence-corrected chi connectivity index (χ4v) is 3.10. The van der Waals surface area contributed by atoms with Crippen LogP contribution in [0.15, 0.2) is 36.4 Å². The van der Waals surface area contributed by atoms with E-state index in [1.54, 1.807) is 12.1 Å². The summed E-state index contributed by atoms with van der Waals surface area (Å²) in [6, 6.07) is 8.85. The maximum Gasteiger partial charge on any atom is 0.335 e. The molecule has 0 unspecified atom stereocenters. The van der Waals surface area contributed by atoms with Crippen molar-refractivity contribution in [3.8, 4) is 0 Å². The Morgan fingerprint density at radius 1 is 1.26 bits per heavy atom. The van der Waals surface area contributed by atoms with E-state index in [1.165, 1.54) is 12.1 Å². The molecule has 0 aliphatic heterocycles. The molecule has 1 aliphatic rings. The number of carboxylic acids is 1. The molecule has 0 heterocycles. The summed E-state index contributed by atoms with van der Waals surface area (Å²) in [4.78, 5) is 11.0. The monoisotopic (exact) mass is 317 g/mol. The lowest BCUT2D eigenvalue weighted by Gasteiger charge is -2.27. The van der Waals surface area contributed by atoms with Gasteiger partial charge in [-0.1, -0.05) is 12.1 Å². The Morgan fingerprint density at radius 2 is 2.09 bits per heavy atom. The van der Waals surface area contributed by atoms with Crippen LogP contribution in [-0.4, -0.2) is 11.1 Å². The molecule has 120 valence electrons. The summed E-state index contributed by atoms with van der Waals surface area (Å²) in [5.74, 6) is -2.03. The van der Waals surface area contributed by atoms with E-state index in [1.807, 2.05) is 6.07 Å². The van der Waals surface area contributed by atoms with Gasteiger partial charge >= 0.3 is 5.97 Å². The second-order valence-corrected chi connectivity index (χ2v) is 5.79. The number of hydrogen-bond acceptors (Lipinski definition) is 2. The van der Waals surface area contributed by atoms with Crippen molar-refractivity contribution < 1.29 is 18.7 Å². The van der Waals surface area contributed by atoms with E-state index in [9.17, 15) is 13.6 Å². The van der Waals surface area contributed by atoms with Crippen molar-refractivity contribution in [3.63, 3.8) is 0 Å². The number of hydrogen-bond donors (Lipinski definition) is 2. The first kappa shape index (κ1) is 15.6. The van der Waals surface area contributed by atoms with Crippen LogP contribution in [0.5, 0.6) is 0 Å². The average molecular weight is 317 g/mol. The molecular formula is C18H17F2NO2. The Bertz CT molecular complexity index is 746. The maximum absolute atomic E-state index is 13.9. The van der Waals surface area contributed by atoms with Crippen molar-refractivity contribution >= 4 is 5.97 Å². The Kier molecular flexibility index (Phi) is 4.39. The molecule has 5 heteroatoms. The zero-order valence-electron chi connectivity index (χ0n) is 12.5. The molecule has 2 N–H and O–H groups in total. The van der Waals surface area contributed by atoms with Gasteiger partial charge in [-0.05, 0) is 54.2 Å². The summed E-state index contributed by atoms with van der Waals surface area (Å²) in [5, 5.41) is 12.3. The molecule has 0 spiro atoms. The molecule has 0 radical (unpaired) electrons. The fraction of sp³-hybridized carbons (Fsp3) is 0.278. The summed E-state index contributed by atoms with van der Waals surface area (Å²) in [6.07, 6.45) is 2.25. The van der Waals surface area contributed by atoms with Gasteiger partial charge in [0.2, 0.25) is 0 Å². The van der Waals surface area contributed by atoms with Gasteiger partial charge in [0, 0.05) is 18.7 Å². The second kappa shape index (κ2) is 6.46. The minimum absolute atomic E-state index is 0.127. The minimum Gasteiger partial charge on any atom is -0.478 e. The largest absolute Gasteiger partial charge is 0.478 e. The van der Waals surface area contributed by atoms with Crippen LogP contribution in [0, 0.1) is 11.6 Å². The Labute approximate surface area is 133 Å². The molecule has 2 aromatic carbocycles. The number of halogens is 2. The van der Waals surface area contributed by atoms with Crippen LogP contribution < -0.4 is 5.32 Å². The SMILES string of the molecule is O=C(O)c1cccc(CN[C@@H]2CCCc3c(F)cc(F)cc32)c1. The number of nitrogens with one attached hydrogen (secondary N) is 1. The van der Waals surface area contributed by atoms with Crippen LogP contribution in [0.25, 0.3) is 0 Å². The predicted octanol–water partition coefficient (Wildman–Crippen LogP) is 3.83. The first-order chi connectivity index (χ1) is 11.0. The molecule has 0 fully saturated rings. The van der Waals surface area contributed by atoms with Crippen molar-refractivity contribution in [1.82, 2.24) is 5.32 Å². The van der Waals surface area contributed by atoms with Gasteiger partial charge in [-0.3, -0.25) is 0 Å². The van der Waals surface area contributed by atoms with E-state index in [4.69, 9.17) is 5.11 Å². The molecule has 0 amide bonds. The molecule has 0 saturated heterocycles. The summed E-state index contributed by atoms with van der Waals surface area (Å²) < 4.78 is 27.4. The Hall–Kier alpha value is -2.27. The normalized spacial score (nSPS) is 16.9. The quantitative estimate of drug-likeness (QED) is 0.901. The Morgan fingerprint density at radius 3 is 2.87 bits per heavy atom. The summed E-state index contributed by atoms with van der Waals surface area (Å²) in [5.41, 5.74) is 2.30. The lowest BCUT2D eigenvalue weighted by molar-refractivity contribution is 0.0696. The highest BCUT2D eigenvalue weighted by Gasteiger charge is 2.23. The number of aromatic carboxylic acids is 1. The summed E-state index contributed by atoms with van der Waals surface area (Å²) in [7, 11) is 0. The number of fused-ring (bicyclic) bond motifs is 1. The summed E-state index contributed by atoms with van der Waals surface area (Å²) >= 11 is 0. The summed E-state index contributed by atoms with van der Waals surface area (Å²) in [6.45, 7) is 0.448. The molecule has 1 atom stereocenters. The zero-order valence-corrected chi connectivity index (χ0v) is 12.5. The smallest absolute Gasteiger partial charge is 0.335 e. The van der Waals surface area contributed by atoms with Crippen molar-refractivity contribution in [2.45, 2.75) is 31.8 Å². The van der Waals surface area contributed by atoms with Crippen LogP contribution >= 0.6 is 0 Å². The van der Waals surface area contributed by atoms with E-state index in [0.717, 1.165) is 24.5 Å². The van der Waals surface area contributed by atoms with Gasteiger partial charge in [0.1, 0.15) is 11.6 Å². The molecule has 3 rings (SSSR count). The van der Waals surface area contributed by atoms with E-state index in [0.29, 0.717) is 24.1 Å². The molecule has 0 saturated carbocycles. The maximum atomic E-state index is 13.9. The highest BCUT2D eigenvalue weighted by atomic mass is 19.1. The lowest BCUT2D eigenvalue weighted by atomic mass is 9.87. The zero-order chi connectivity index (χ0) is 16.4. The van der Waals surface area contributed by atoms with Crippen molar-refractivity contribution in [3.05, 3.63) is 70.3 Å². The van der Waals surface area contributed by atoms with E-state index < -0.39 is 17.6 Å². The standard InChI is InChI=1S/C18H17F2NO2/c19-13-8-15-14(16(20)9-13)5-2-6-17(15)21-10-11-3-1-4-12(7-11)18(22)23/h1,3-4,7-9,17,21H,2,5-6,10H2,(H,22,23)/t17-/m1/s1.